The second-order valence-electron chi connectivity index (χ2n) is 9.44. The monoisotopic (exact) mass is 540 g/mol. The van der Waals surface area contributed by atoms with Crippen LogP contribution in [0.3, 0.4) is 0 Å². The summed E-state index contributed by atoms with van der Waals surface area (Å²) in [7, 11) is 3.02. The van der Waals surface area contributed by atoms with Crippen LogP contribution < -0.4 is 24.4 Å². The number of hydrogen-bond acceptors (Lipinski definition) is 7. The first-order valence-electron chi connectivity index (χ1n) is 12.8. The molecule has 0 heterocycles. The van der Waals surface area contributed by atoms with Crippen molar-refractivity contribution >= 4 is 28.9 Å². The summed E-state index contributed by atoms with van der Waals surface area (Å²) in [5.41, 5.74) is 5.40. The number of hydrazone groups is 1. The summed E-state index contributed by atoms with van der Waals surface area (Å²) in [5, 5.41) is 5.86. The van der Waals surface area contributed by atoms with Crippen molar-refractivity contribution in [2.75, 3.05) is 20.8 Å². The van der Waals surface area contributed by atoms with Crippen LogP contribution in [-0.2, 0) is 4.79 Å². The number of nitrogens with one attached hydrogen (secondary N) is 1. The molecule has 1 amide bonds. The van der Waals surface area contributed by atoms with E-state index >= 15 is 0 Å². The lowest BCUT2D eigenvalue weighted by Gasteiger charge is -2.14. The molecule has 1 N–H and O–H groups in total. The van der Waals surface area contributed by atoms with E-state index in [0.717, 1.165) is 21.9 Å². The standard InChI is InChI=1S/C32H32N2O6/c1-20(2)24-13-10-21(3)16-29(24)39-19-31(35)34-33-18-26-25-9-7-6-8-22(25)11-14-27(26)40-32(36)23-12-15-28(37-4)30(17-23)38-5/h6-18,20H,19H2,1-5H3,(H,34,35). The third kappa shape index (κ3) is 6.58. The van der Waals surface area contributed by atoms with Crippen molar-refractivity contribution in [3.05, 3.63) is 95.1 Å². The quantitative estimate of drug-likeness (QED) is 0.114. The fraction of sp³-hybridized carbons (Fsp3) is 0.219. The SMILES string of the molecule is COc1ccc(C(=O)Oc2ccc3ccccc3c2C=NNC(=O)COc2cc(C)ccc2C(C)C)cc1OC. The summed E-state index contributed by atoms with van der Waals surface area (Å²) in [5.74, 6) is 1.12. The number of carbonyl (C=O) groups excluding carboxylic acids is 2. The Morgan fingerprint density at radius 2 is 1.62 bits per heavy atom. The lowest BCUT2D eigenvalue weighted by atomic mass is 10.0. The van der Waals surface area contributed by atoms with Crippen molar-refractivity contribution in [1.82, 2.24) is 5.43 Å². The number of amides is 1. The van der Waals surface area contributed by atoms with Gasteiger partial charge in [-0.15, -0.1) is 0 Å². The van der Waals surface area contributed by atoms with Crippen molar-refractivity contribution in [2.24, 2.45) is 5.10 Å². The van der Waals surface area contributed by atoms with Crippen LogP contribution >= 0.6 is 0 Å². The van der Waals surface area contributed by atoms with E-state index in [9.17, 15) is 9.59 Å². The second kappa shape index (κ2) is 12.8. The smallest absolute Gasteiger partial charge is 0.343 e. The normalized spacial score (nSPS) is 11.1. The van der Waals surface area contributed by atoms with Crippen molar-refractivity contribution in [3.63, 3.8) is 0 Å². The minimum absolute atomic E-state index is 0.197. The molecule has 8 nitrogen and oxygen atoms in total. The van der Waals surface area contributed by atoms with Crippen LogP contribution in [0.25, 0.3) is 10.8 Å². The molecular formula is C32H32N2O6. The minimum Gasteiger partial charge on any atom is -0.493 e. The summed E-state index contributed by atoms with van der Waals surface area (Å²) in [4.78, 5) is 25.6. The van der Waals surface area contributed by atoms with Gasteiger partial charge in [-0.3, -0.25) is 4.79 Å². The lowest BCUT2D eigenvalue weighted by molar-refractivity contribution is -0.123. The van der Waals surface area contributed by atoms with Crippen molar-refractivity contribution < 1.29 is 28.5 Å². The zero-order chi connectivity index (χ0) is 28.6. The van der Waals surface area contributed by atoms with E-state index in [0.29, 0.717) is 22.8 Å². The molecule has 0 unspecified atom stereocenters. The van der Waals surface area contributed by atoms with Gasteiger partial charge in [0.15, 0.2) is 18.1 Å². The number of fused-ring (bicyclic) bond motifs is 1. The highest BCUT2D eigenvalue weighted by molar-refractivity contribution is 6.04. The molecule has 0 aliphatic carbocycles. The van der Waals surface area contributed by atoms with E-state index < -0.39 is 11.9 Å². The van der Waals surface area contributed by atoms with Crippen LogP contribution in [0.5, 0.6) is 23.0 Å². The Hall–Kier alpha value is -4.85. The van der Waals surface area contributed by atoms with Gasteiger partial charge >= 0.3 is 5.97 Å². The van der Waals surface area contributed by atoms with Gasteiger partial charge in [-0.25, -0.2) is 10.2 Å². The van der Waals surface area contributed by atoms with Crippen molar-refractivity contribution in [3.8, 4) is 23.0 Å². The van der Waals surface area contributed by atoms with Crippen LogP contribution in [0.1, 0.15) is 46.8 Å². The van der Waals surface area contributed by atoms with Gasteiger partial charge in [-0.2, -0.15) is 5.10 Å². The molecule has 4 aromatic rings. The van der Waals surface area contributed by atoms with Crippen LogP contribution in [0.4, 0.5) is 0 Å². The first-order chi connectivity index (χ1) is 19.3. The number of carbonyl (C=O) groups is 2. The molecule has 206 valence electrons. The lowest BCUT2D eigenvalue weighted by Crippen LogP contribution is -2.25. The van der Waals surface area contributed by atoms with Crippen LogP contribution in [-0.4, -0.2) is 38.9 Å². The number of methoxy groups -OCH3 is 2. The summed E-state index contributed by atoms with van der Waals surface area (Å²) in [6.07, 6.45) is 1.46. The summed E-state index contributed by atoms with van der Waals surface area (Å²) in [6.45, 7) is 5.92. The van der Waals surface area contributed by atoms with Gasteiger partial charge in [-0.1, -0.05) is 56.3 Å². The molecule has 0 aliphatic heterocycles. The third-order valence-electron chi connectivity index (χ3n) is 6.29. The number of ether oxygens (including phenoxy) is 4. The molecule has 0 saturated heterocycles. The Kier molecular flexibility index (Phi) is 9.01. The Bertz CT molecular complexity index is 1560. The zero-order valence-electron chi connectivity index (χ0n) is 23.2. The van der Waals surface area contributed by atoms with E-state index in [1.165, 1.54) is 20.4 Å². The maximum absolute atomic E-state index is 13.0. The largest absolute Gasteiger partial charge is 0.493 e. The van der Waals surface area contributed by atoms with Crippen LogP contribution in [0.2, 0.25) is 0 Å². The van der Waals surface area contributed by atoms with E-state index in [2.05, 4.69) is 24.4 Å². The summed E-state index contributed by atoms with van der Waals surface area (Å²) in [6, 6.07) is 21.9. The Labute approximate surface area is 233 Å². The molecule has 4 aromatic carbocycles. The molecule has 0 saturated carbocycles. The number of rotatable bonds is 10. The molecular weight excluding hydrogens is 508 g/mol. The van der Waals surface area contributed by atoms with Gasteiger partial charge in [0.2, 0.25) is 0 Å². The van der Waals surface area contributed by atoms with E-state index in [4.69, 9.17) is 18.9 Å². The van der Waals surface area contributed by atoms with Gasteiger partial charge in [0.1, 0.15) is 11.5 Å². The second-order valence-corrected chi connectivity index (χ2v) is 9.44. The van der Waals surface area contributed by atoms with Crippen molar-refractivity contribution in [2.45, 2.75) is 26.7 Å². The van der Waals surface area contributed by atoms with Gasteiger partial charge in [-0.05, 0) is 65.1 Å². The average molecular weight is 541 g/mol. The molecule has 8 heteroatoms. The maximum atomic E-state index is 13.0. The molecule has 0 spiro atoms. The van der Waals surface area contributed by atoms with Gasteiger partial charge in [0.05, 0.1) is 26.0 Å². The Morgan fingerprint density at radius 1 is 0.875 bits per heavy atom. The molecule has 40 heavy (non-hydrogen) atoms. The Morgan fingerprint density at radius 3 is 2.38 bits per heavy atom. The molecule has 0 radical (unpaired) electrons. The number of aryl methyl sites for hydroxylation is 1. The number of esters is 1. The first-order valence-corrected chi connectivity index (χ1v) is 12.8. The first kappa shape index (κ1) is 28.2. The van der Waals surface area contributed by atoms with Gasteiger partial charge in [0.25, 0.3) is 5.91 Å². The average Bonchev–Trinajstić information content (AvgIpc) is 2.96. The number of hydrogen-bond donors (Lipinski definition) is 1. The number of nitrogens with zero attached hydrogens (tertiary/aromatic N) is 1. The van der Waals surface area contributed by atoms with Crippen LogP contribution in [0.15, 0.2) is 77.9 Å². The maximum Gasteiger partial charge on any atom is 0.343 e. The Balaban J connectivity index is 1.52. The topological polar surface area (TPSA) is 95.5 Å². The molecule has 0 atom stereocenters. The number of benzene rings is 4. The molecule has 0 bridgehead atoms. The fourth-order valence-corrected chi connectivity index (χ4v) is 4.21. The van der Waals surface area contributed by atoms with E-state index in [1.54, 1.807) is 24.3 Å². The van der Waals surface area contributed by atoms with Crippen LogP contribution in [0, 0.1) is 6.92 Å². The third-order valence-corrected chi connectivity index (χ3v) is 6.29. The highest BCUT2D eigenvalue weighted by atomic mass is 16.5. The molecule has 0 aliphatic rings. The zero-order valence-corrected chi connectivity index (χ0v) is 23.2. The molecule has 0 fully saturated rings. The summed E-state index contributed by atoms with van der Waals surface area (Å²) < 4.78 is 22.1. The van der Waals surface area contributed by atoms with E-state index in [-0.39, 0.29) is 23.8 Å². The minimum atomic E-state index is -0.581. The summed E-state index contributed by atoms with van der Waals surface area (Å²) >= 11 is 0. The fourth-order valence-electron chi connectivity index (χ4n) is 4.21. The molecule has 4 rings (SSSR count). The predicted molar refractivity (Wildman–Crippen MR) is 155 cm³/mol. The predicted octanol–water partition coefficient (Wildman–Crippen LogP) is 6.04. The van der Waals surface area contributed by atoms with Gasteiger partial charge in [0, 0.05) is 5.56 Å². The van der Waals surface area contributed by atoms with Crippen molar-refractivity contribution in [1.29, 1.82) is 0 Å². The molecule has 0 aromatic heterocycles. The highest BCUT2D eigenvalue weighted by Gasteiger charge is 2.16. The van der Waals surface area contributed by atoms with E-state index in [1.807, 2.05) is 55.5 Å². The van der Waals surface area contributed by atoms with Gasteiger partial charge < -0.3 is 18.9 Å². The highest BCUT2D eigenvalue weighted by Crippen LogP contribution is 2.31.